The number of carbonyl (C=O) groups is 1. The molecule has 1 aromatic rings. The van der Waals surface area contributed by atoms with E-state index in [1.165, 1.54) is 11.1 Å². The van der Waals surface area contributed by atoms with Gasteiger partial charge in [-0.2, -0.15) is 0 Å². The van der Waals surface area contributed by atoms with Crippen molar-refractivity contribution in [2.24, 2.45) is 0 Å². The molecule has 2 rings (SSSR count). The van der Waals surface area contributed by atoms with Crippen LogP contribution in [0.15, 0.2) is 24.3 Å². The summed E-state index contributed by atoms with van der Waals surface area (Å²) < 4.78 is 0. The quantitative estimate of drug-likeness (QED) is 0.775. The van der Waals surface area contributed by atoms with Crippen molar-refractivity contribution < 1.29 is 9.90 Å². The highest BCUT2D eigenvalue weighted by Crippen LogP contribution is 2.26. The molecule has 1 aromatic carbocycles. The molecule has 0 aliphatic carbocycles. The number of aryl methyl sites for hydroxylation is 1. The molecule has 0 saturated carbocycles. The van der Waals surface area contributed by atoms with Gasteiger partial charge in [0, 0.05) is 6.04 Å². The van der Waals surface area contributed by atoms with Crippen molar-refractivity contribution in [3.8, 4) is 0 Å². The molecule has 0 bridgehead atoms. The lowest BCUT2D eigenvalue weighted by atomic mass is 10.0. The van der Waals surface area contributed by atoms with E-state index in [1.807, 2.05) is 6.92 Å². The molecule has 0 aromatic heterocycles. The second-order valence-corrected chi connectivity index (χ2v) is 4.10. The maximum absolute atomic E-state index is 10.8. The van der Waals surface area contributed by atoms with E-state index >= 15 is 0 Å². The summed E-state index contributed by atoms with van der Waals surface area (Å²) in [7, 11) is 0. The summed E-state index contributed by atoms with van der Waals surface area (Å²) in [5.41, 5.74) is 2.41. The number of carboxylic acid groups (broad SMARTS) is 1. The van der Waals surface area contributed by atoms with Crippen molar-refractivity contribution in [3.05, 3.63) is 35.4 Å². The first-order chi connectivity index (χ1) is 7.16. The zero-order chi connectivity index (χ0) is 10.8. The molecule has 1 aliphatic rings. The Balaban J connectivity index is 2.07. The predicted octanol–water partition coefficient (Wildman–Crippen LogP) is 1.87. The van der Waals surface area contributed by atoms with E-state index in [0.29, 0.717) is 6.42 Å². The van der Waals surface area contributed by atoms with Crippen LogP contribution in [-0.2, 0) is 4.79 Å². The van der Waals surface area contributed by atoms with E-state index in [4.69, 9.17) is 5.11 Å². The van der Waals surface area contributed by atoms with E-state index in [9.17, 15) is 4.79 Å². The molecule has 1 heterocycles. The van der Waals surface area contributed by atoms with Crippen molar-refractivity contribution in [1.82, 2.24) is 5.32 Å². The summed E-state index contributed by atoms with van der Waals surface area (Å²) in [6.07, 6.45) is 1.62. The number of carboxylic acids is 1. The average Bonchev–Trinajstić information content (AvgIpc) is 2.68. The molecule has 2 atom stereocenters. The van der Waals surface area contributed by atoms with Gasteiger partial charge in [0.05, 0.1) is 0 Å². The van der Waals surface area contributed by atoms with Crippen LogP contribution in [0.5, 0.6) is 0 Å². The van der Waals surface area contributed by atoms with Crippen LogP contribution in [0.2, 0.25) is 0 Å². The van der Waals surface area contributed by atoms with Gasteiger partial charge >= 0.3 is 5.97 Å². The molecule has 0 amide bonds. The molecule has 1 saturated heterocycles. The first kappa shape index (κ1) is 10.2. The van der Waals surface area contributed by atoms with Gasteiger partial charge in [-0.15, -0.1) is 0 Å². The fraction of sp³-hybridized carbons (Fsp3) is 0.417. The Labute approximate surface area is 89.1 Å². The lowest BCUT2D eigenvalue weighted by molar-refractivity contribution is -0.139. The summed E-state index contributed by atoms with van der Waals surface area (Å²) in [6, 6.07) is 8.08. The minimum Gasteiger partial charge on any atom is -0.480 e. The van der Waals surface area contributed by atoms with Crippen molar-refractivity contribution in [2.75, 3.05) is 0 Å². The molecule has 0 spiro atoms. The molecule has 80 valence electrons. The van der Waals surface area contributed by atoms with Gasteiger partial charge in [-0.05, 0) is 25.3 Å². The van der Waals surface area contributed by atoms with E-state index in [-0.39, 0.29) is 12.1 Å². The molecular formula is C12H15NO2. The SMILES string of the molecule is Cc1ccc(C2CCC(C(=O)O)N2)cc1. The number of aliphatic carboxylic acids is 1. The molecule has 0 radical (unpaired) electrons. The number of hydrogen-bond donors (Lipinski definition) is 2. The second kappa shape index (κ2) is 4.03. The Morgan fingerprint density at radius 3 is 2.53 bits per heavy atom. The molecule has 1 fully saturated rings. The van der Waals surface area contributed by atoms with Gasteiger partial charge < -0.3 is 5.11 Å². The minimum absolute atomic E-state index is 0.201. The third kappa shape index (κ3) is 2.18. The topological polar surface area (TPSA) is 49.3 Å². The summed E-state index contributed by atoms with van der Waals surface area (Å²) in [5.74, 6) is -0.746. The highest BCUT2D eigenvalue weighted by molar-refractivity contribution is 5.73. The van der Waals surface area contributed by atoms with Gasteiger partial charge in [0.15, 0.2) is 0 Å². The Kier molecular flexibility index (Phi) is 2.73. The van der Waals surface area contributed by atoms with Gasteiger partial charge in [-0.1, -0.05) is 29.8 Å². The number of rotatable bonds is 2. The van der Waals surface area contributed by atoms with E-state index in [2.05, 4.69) is 29.6 Å². The van der Waals surface area contributed by atoms with Crippen molar-refractivity contribution in [2.45, 2.75) is 31.8 Å². The number of hydrogen-bond acceptors (Lipinski definition) is 2. The monoisotopic (exact) mass is 205 g/mol. The number of benzene rings is 1. The molecule has 2 N–H and O–H groups in total. The van der Waals surface area contributed by atoms with Gasteiger partial charge in [0.25, 0.3) is 0 Å². The van der Waals surface area contributed by atoms with Crippen molar-refractivity contribution >= 4 is 5.97 Å². The first-order valence-corrected chi connectivity index (χ1v) is 5.22. The third-order valence-electron chi connectivity index (χ3n) is 2.92. The zero-order valence-electron chi connectivity index (χ0n) is 8.73. The van der Waals surface area contributed by atoms with Crippen molar-refractivity contribution in [1.29, 1.82) is 0 Å². The molecule has 15 heavy (non-hydrogen) atoms. The van der Waals surface area contributed by atoms with Crippen LogP contribution in [-0.4, -0.2) is 17.1 Å². The molecular weight excluding hydrogens is 190 g/mol. The van der Waals surface area contributed by atoms with Crippen LogP contribution in [0.25, 0.3) is 0 Å². The van der Waals surface area contributed by atoms with Crippen molar-refractivity contribution in [3.63, 3.8) is 0 Å². The summed E-state index contributed by atoms with van der Waals surface area (Å²) in [5, 5.41) is 12.0. The molecule has 1 aliphatic heterocycles. The highest BCUT2D eigenvalue weighted by Gasteiger charge is 2.29. The normalized spacial score (nSPS) is 25.4. The van der Waals surface area contributed by atoms with Crippen LogP contribution in [0.3, 0.4) is 0 Å². The van der Waals surface area contributed by atoms with Crippen LogP contribution in [0, 0.1) is 6.92 Å². The second-order valence-electron chi connectivity index (χ2n) is 4.10. The van der Waals surface area contributed by atoms with Gasteiger partial charge in [0.2, 0.25) is 0 Å². The maximum atomic E-state index is 10.8. The molecule has 3 nitrogen and oxygen atoms in total. The van der Waals surface area contributed by atoms with Gasteiger partial charge in [-0.25, -0.2) is 0 Å². The van der Waals surface area contributed by atoms with Crippen LogP contribution >= 0.6 is 0 Å². The largest absolute Gasteiger partial charge is 0.480 e. The average molecular weight is 205 g/mol. The summed E-state index contributed by atoms with van der Waals surface area (Å²) in [4.78, 5) is 10.8. The molecule has 3 heteroatoms. The third-order valence-corrected chi connectivity index (χ3v) is 2.92. The Bertz CT molecular complexity index is 358. The minimum atomic E-state index is -0.746. The highest BCUT2D eigenvalue weighted by atomic mass is 16.4. The van der Waals surface area contributed by atoms with Crippen LogP contribution in [0.1, 0.15) is 30.0 Å². The lowest BCUT2D eigenvalue weighted by Gasteiger charge is -2.12. The van der Waals surface area contributed by atoms with Gasteiger partial charge in [-0.3, -0.25) is 10.1 Å². The standard InChI is InChI=1S/C12H15NO2/c1-8-2-4-9(5-3-8)10-6-7-11(13-10)12(14)15/h2-5,10-11,13H,6-7H2,1H3,(H,14,15). The van der Waals surface area contributed by atoms with Crippen LogP contribution in [0.4, 0.5) is 0 Å². The number of nitrogens with one attached hydrogen (secondary N) is 1. The van der Waals surface area contributed by atoms with E-state index in [0.717, 1.165) is 6.42 Å². The Morgan fingerprint density at radius 1 is 1.33 bits per heavy atom. The fourth-order valence-corrected chi connectivity index (χ4v) is 2.00. The maximum Gasteiger partial charge on any atom is 0.320 e. The summed E-state index contributed by atoms with van der Waals surface area (Å²) in [6.45, 7) is 2.05. The van der Waals surface area contributed by atoms with E-state index < -0.39 is 5.97 Å². The van der Waals surface area contributed by atoms with E-state index in [1.54, 1.807) is 0 Å². The predicted molar refractivity (Wildman–Crippen MR) is 57.7 cm³/mol. The zero-order valence-corrected chi connectivity index (χ0v) is 8.73. The smallest absolute Gasteiger partial charge is 0.320 e. The van der Waals surface area contributed by atoms with Gasteiger partial charge in [0.1, 0.15) is 6.04 Å². The Hall–Kier alpha value is -1.35. The van der Waals surface area contributed by atoms with Crippen LogP contribution < -0.4 is 5.32 Å². The first-order valence-electron chi connectivity index (χ1n) is 5.22. The fourth-order valence-electron chi connectivity index (χ4n) is 2.00. The lowest BCUT2D eigenvalue weighted by Crippen LogP contribution is -2.31. The summed E-state index contributed by atoms with van der Waals surface area (Å²) >= 11 is 0. The molecule has 2 unspecified atom stereocenters. The Morgan fingerprint density at radius 2 is 2.00 bits per heavy atom.